The van der Waals surface area contributed by atoms with Crippen LogP contribution in [0.2, 0.25) is 0 Å². The standard InChI is InChI=1S/C13H19NO3/c1-2-11(15)9-5-3-4-6-10(9)14-7-12(16)13(17)8-14/h3-6,11-13,15-17H,2,7-8H2,1H3/t11-,12?,13?/m1/s1. The Kier molecular flexibility index (Phi) is 3.66. The van der Waals surface area contributed by atoms with Crippen LogP contribution in [0.1, 0.15) is 25.0 Å². The maximum Gasteiger partial charge on any atom is 0.0990 e. The van der Waals surface area contributed by atoms with E-state index in [1.807, 2.05) is 36.1 Å². The van der Waals surface area contributed by atoms with Crippen LogP contribution in [0.3, 0.4) is 0 Å². The molecule has 1 saturated heterocycles. The molecular weight excluding hydrogens is 218 g/mol. The SMILES string of the molecule is CC[C@@H](O)c1ccccc1N1CC(O)C(O)C1. The summed E-state index contributed by atoms with van der Waals surface area (Å²) in [7, 11) is 0. The Morgan fingerprint density at radius 2 is 1.82 bits per heavy atom. The van der Waals surface area contributed by atoms with E-state index in [1.165, 1.54) is 0 Å². The van der Waals surface area contributed by atoms with Gasteiger partial charge >= 0.3 is 0 Å². The minimum atomic E-state index is -0.707. The molecule has 3 atom stereocenters. The molecule has 0 radical (unpaired) electrons. The number of β-amino-alcohol motifs (C(OH)–C–C–N with tert-alkyl or cyclic N) is 2. The molecule has 0 bridgehead atoms. The number of aliphatic hydroxyl groups is 3. The Bertz CT molecular complexity index is 373. The first kappa shape index (κ1) is 12.4. The van der Waals surface area contributed by atoms with Crippen molar-refractivity contribution in [3.63, 3.8) is 0 Å². The van der Waals surface area contributed by atoms with E-state index < -0.39 is 18.3 Å². The van der Waals surface area contributed by atoms with E-state index in [4.69, 9.17) is 0 Å². The van der Waals surface area contributed by atoms with E-state index in [0.717, 1.165) is 11.3 Å². The molecular formula is C13H19NO3. The van der Waals surface area contributed by atoms with Gasteiger partial charge in [0.2, 0.25) is 0 Å². The van der Waals surface area contributed by atoms with Crippen molar-refractivity contribution in [2.45, 2.75) is 31.7 Å². The van der Waals surface area contributed by atoms with Crippen LogP contribution in [0.4, 0.5) is 5.69 Å². The minimum absolute atomic E-state index is 0.411. The van der Waals surface area contributed by atoms with Crippen LogP contribution in [0.5, 0.6) is 0 Å². The van der Waals surface area contributed by atoms with Gasteiger partial charge in [-0.1, -0.05) is 25.1 Å². The molecule has 0 saturated carbocycles. The molecule has 0 aromatic heterocycles. The van der Waals surface area contributed by atoms with E-state index in [-0.39, 0.29) is 0 Å². The molecule has 94 valence electrons. The average molecular weight is 237 g/mol. The maximum absolute atomic E-state index is 9.95. The summed E-state index contributed by atoms with van der Waals surface area (Å²) < 4.78 is 0. The zero-order chi connectivity index (χ0) is 12.4. The smallest absolute Gasteiger partial charge is 0.0990 e. The number of nitrogens with zero attached hydrogens (tertiary/aromatic N) is 1. The van der Waals surface area contributed by atoms with Crippen molar-refractivity contribution in [2.75, 3.05) is 18.0 Å². The second-order valence-electron chi connectivity index (χ2n) is 4.52. The Morgan fingerprint density at radius 1 is 1.24 bits per heavy atom. The highest BCUT2D eigenvalue weighted by Gasteiger charge is 2.31. The molecule has 3 N–H and O–H groups in total. The summed E-state index contributed by atoms with van der Waals surface area (Å²) in [6.45, 7) is 2.75. The third-order valence-electron chi connectivity index (χ3n) is 3.28. The maximum atomic E-state index is 9.95. The van der Waals surface area contributed by atoms with Crippen molar-refractivity contribution >= 4 is 5.69 Å². The van der Waals surface area contributed by atoms with Crippen molar-refractivity contribution in [1.82, 2.24) is 0 Å². The number of aliphatic hydroxyl groups excluding tert-OH is 3. The normalized spacial score (nSPS) is 26.2. The lowest BCUT2D eigenvalue weighted by Crippen LogP contribution is -2.23. The molecule has 4 nitrogen and oxygen atoms in total. The first-order valence-corrected chi connectivity index (χ1v) is 6.01. The van der Waals surface area contributed by atoms with Gasteiger partial charge in [0, 0.05) is 24.3 Å². The molecule has 1 aromatic carbocycles. The van der Waals surface area contributed by atoms with Crippen molar-refractivity contribution in [2.24, 2.45) is 0 Å². The number of hydrogen-bond acceptors (Lipinski definition) is 4. The molecule has 4 heteroatoms. The van der Waals surface area contributed by atoms with Crippen molar-refractivity contribution in [1.29, 1.82) is 0 Å². The monoisotopic (exact) mass is 237 g/mol. The van der Waals surface area contributed by atoms with Crippen LogP contribution in [0.15, 0.2) is 24.3 Å². The number of hydrogen-bond donors (Lipinski definition) is 3. The van der Waals surface area contributed by atoms with Gasteiger partial charge in [-0.15, -0.1) is 0 Å². The van der Waals surface area contributed by atoms with Gasteiger partial charge in [0.15, 0.2) is 0 Å². The van der Waals surface area contributed by atoms with Crippen LogP contribution in [0, 0.1) is 0 Å². The molecule has 1 aliphatic heterocycles. The van der Waals surface area contributed by atoms with Gasteiger partial charge < -0.3 is 20.2 Å². The number of para-hydroxylation sites is 1. The van der Waals surface area contributed by atoms with E-state index in [0.29, 0.717) is 19.5 Å². The molecule has 1 aliphatic rings. The molecule has 1 fully saturated rings. The van der Waals surface area contributed by atoms with Gasteiger partial charge in [0.1, 0.15) is 0 Å². The lowest BCUT2D eigenvalue weighted by molar-refractivity contribution is 0.0572. The van der Waals surface area contributed by atoms with E-state index >= 15 is 0 Å². The molecule has 2 rings (SSSR count). The Morgan fingerprint density at radius 3 is 2.41 bits per heavy atom. The molecule has 1 heterocycles. The van der Waals surface area contributed by atoms with Crippen LogP contribution < -0.4 is 4.90 Å². The van der Waals surface area contributed by atoms with Crippen LogP contribution >= 0.6 is 0 Å². The summed E-state index contributed by atoms with van der Waals surface area (Å²) in [5.74, 6) is 0. The van der Waals surface area contributed by atoms with Crippen LogP contribution in [-0.4, -0.2) is 40.6 Å². The largest absolute Gasteiger partial charge is 0.389 e. The van der Waals surface area contributed by atoms with Crippen molar-refractivity contribution < 1.29 is 15.3 Å². The average Bonchev–Trinajstić information content (AvgIpc) is 2.68. The predicted molar refractivity (Wildman–Crippen MR) is 65.9 cm³/mol. The number of benzene rings is 1. The van der Waals surface area contributed by atoms with Gasteiger partial charge in [0.05, 0.1) is 18.3 Å². The van der Waals surface area contributed by atoms with E-state index in [1.54, 1.807) is 0 Å². The zero-order valence-corrected chi connectivity index (χ0v) is 9.95. The van der Waals surface area contributed by atoms with Crippen LogP contribution in [0.25, 0.3) is 0 Å². The second kappa shape index (κ2) is 5.04. The molecule has 0 amide bonds. The first-order valence-electron chi connectivity index (χ1n) is 6.01. The summed E-state index contributed by atoms with van der Waals surface area (Å²) in [5.41, 5.74) is 1.76. The van der Waals surface area contributed by atoms with Gasteiger partial charge in [-0.05, 0) is 12.5 Å². The predicted octanol–water partition coefficient (Wildman–Crippen LogP) is 0.672. The summed E-state index contributed by atoms with van der Waals surface area (Å²) in [5, 5.41) is 29.1. The minimum Gasteiger partial charge on any atom is -0.389 e. The van der Waals surface area contributed by atoms with E-state index in [9.17, 15) is 15.3 Å². The quantitative estimate of drug-likeness (QED) is 0.723. The zero-order valence-electron chi connectivity index (χ0n) is 9.95. The fourth-order valence-electron chi connectivity index (χ4n) is 2.24. The van der Waals surface area contributed by atoms with Gasteiger partial charge in [-0.2, -0.15) is 0 Å². The fourth-order valence-corrected chi connectivity index (χ4v) is 2.24. The van der Waals surface area contributed by atoms with Gasteiger partial charge in [0.25, 0.3) is 0 Å². The fraction of sp³-hybridized carbons (Fsp3) is 0.538. The third-order valence-corrected chi connectivity index (χ3v) is 3.28. The summed E-state index contributed by atoms with van der Waals surface area (Å²) >= 11 is 0. The lowest BCUT2D eigenvalue weighted by atomic mass is 10.0. The molecule has 2 unspecified atom stereocenters. The van der Waals surface area contributed by atoms with E-state index in [2.05, 4.69) is 0 Å². The number of anilines is 1. The Balaban J connectivity index is 2.26. The topological polar surface area (TPSA) is 63.9 Å². The van der Waals surface area contributed by atoms with Crippen molar-refractivity contribution in [3.8, 4) is 0 Å². The molecule has 0 spiro atoms. The second-order valence-corrected chi connectivity index (χ2v) is 4.52. The lowest BCUT2D eigenvalue weighted by Gasteiger charge is -2.23. The third kappa shape index (κ3) is 2.44. The molecule has 0 aliphatic carbocycles. The molecule has 1 aromatic rings. The van der Waals surface area contributed by atoms with Gasteiger partial charge in [-0.3, -0.25) is 0 Å². The van der Waals surface area contributed by atoms with Crippen molar-refractivity contribution in [3.05, 3.63) is 29.8 Å². The Hall–Kier alpha value is -1.10. The molecule has 17 heavy (non-hydrogen) atoms. The summed E-state index contributed by atoms with van der Waals surface area (Å²) in [6.07, 6.45) is -1.26. The highest BCUT2D eigenvalue weighted by molar-refractivity contribution is 5.55. The highest BCUT2D eigenvalue weighted by atomic mass is 16.3. The highest BCUT2D eigenvalue weighted by Crippen LogP contribution is 2.30. The first-order chi connectivity index (χ1) is 8.13. The Labute approximate surface area is 101 Å². The number of rotatable bonds is 3. The van der Waals surface area contributed by atoms with Gasteiger partial charge in [-0.25, -0.2) is 0 Å². The summed E-state index contributed by atoms with van der Waals surface area (Å²) in [4.78, 5) is 1.92. The summed E-state index contributed by atoms with van der Waals surface area (Å²) in [6, 6.07) is 7.60. The van der Waals surface area contributed by atoms with Crippen LogP contribution in [-0.2, 0) is 0 Å².